The summed E-state index contributed by atoms with van der Waals surface area (Å²) in [6.45, 7) is 57.6. The molecule has 0 saturated heterocycles. The smallest absolute Gasteiger partial charge is 0.0207 e. The highest BCUT2D eigenvalue weighted by molar-refractivity contribution is 5.17. The van der Waals surface area contributed by atoms with E-state index in [-0.39, 0.29) is 27.1 Å². The first kappa shape index (κ1) is 43.0. The van der Waals surface area contributed by atoms with Gasteiger partial charge >= 0.3 is 0 Å². The van der Waals surface area contributed by atoms with Crippen LogP contribution in [0.3, 0.4) is 0 Å². The van der Waals surface area contributed by atoms with Gasteiger partial charge in [-0.3, -0.25) is 0 Å². The molecule has 1 rings (SSSR count). The molecular formula is C45H90. The first-order valence-corrected chi connectivity index (χ1v) is 20.3. The van der Waals surface area contributed by atoms with Gasteiger partial charge < -0.3 is 0 Å². The van der Waals surface area contributed by atoms with Gasteiger partial charge in [0.25, 0.3) is 0 Å². The molecule has 0 aromatic rings. The van der Waals surface area contributed by atoms with E-state index in [1.54, 1.807) is 0 Å². The van der Waals surface area contributed by atoms with Crippen molar-refractivity contribution in [1.29, 1.82) is 0 Å². The maximum atomic E-state index is 2.84. The van der Waals surface area contributed by atoms with E-state index in [0.717, 1.165) is 11.8 Å². The van der Waals surface area contributed by atoms with Crippen LogP contribution in [0.1, 0.15) is 197 Å². The quantitative estimate of drug-likeness (QED) is 0.149. The van der Waals surface area contributed by atoms with Gasteiger partial charge in [-0.25, -0.2) is 0 Å². The van der Waals surface area contributed by atoms with Gasteiger partial charge in [0.1, 0.15) is 0 Å². The van der Waals surface area contributed by atoms with Gasteiger partial charge in [-0.05, 0) is 111 Å². The van der Waals surface area contributed by atoms with Gasteiger partial charge in [-0.15, -0.1) is 0 Å². The maximum absolute atomic E-state index is 2.84. The lowest BCUT2D eigenvalue weighted by Crippen LogP contribution is -2.61. The first-order valence-electron chi connectivity index (χ1n) is 20.3. The molecule has 0 bridgehead atoms. The summed E-state index contributed by atoms with van der Waals surface area (Å²) in [5.41, 5.74) is 1.59. The molecule has 11 atom stereocenters. The summed E-state index contributed by atoms with van der Waals surface area (Å²) in [6.07, 6.45) is 9.19. The van der Waals surface area contributed by atoms with Gasteiger partial charge in [-0.2, -0.15) is 0 Å². The van der Waals surface area contributed by atoms with Crippen LogP contribution < -0.4 is 0 Å². The van der Waals surface area contributed by atoms with Crippen molar-refractivity contribution in [3.63, 3.8) is 0 Å². The molecular weight excluding hydrogens is 540 g/mol. The average Bonchev–Trinajstić information content (AvgIpc) is 2.99. The third kappa shape index (κ3) is 7.04. The van der Waals surface area contributed by atoms with Crippen LogP contribution in [0.15, 0.2) is 0 Å². The molecule has 270 valence electrons. The minimum atomic E-state index is 0.206. The summed E-state index contributed by atoms with van der Waals surface area (Å²) >= 11 is 0. The van der Waals surface area contributed by atoms with E-state index in [0.29, 0.717) is 52.8 Å². The van der Waals surface area contributed by atoms with Crippen LogP contribution in [0.25, 0.3) is 0 Å². The zero-order valence-corrected chi connectivity index (χ0v) is 35.7. The van der Waals surface area contributed by atoms with Crippen molar-refractivity contribution in [2.75, 3.05) is 0 Å². The summed E-state index contributed by atoms with van der Waals surface area (Å²) in [5.74, 6) is 6.93. The third-order valence-corrected chi connectivity index (χ3v) is 18.1. The van der Waals surface area contributed by atoms with Crippen molar-refractivity contribution < 1.29 is 0 Å². The van der Waals surface area contributed by atoms with Crippen LogP contribution >= 0.6 is 0 Å². The van der Waals surface area contributed by atoms with Crippen molar-refractivity contribution in [3.8, 4) is 0 Å². The Morgan fingerprint density at radius 2 is 1.24 bits per heavy atom. The highest BCUT2D eigenvalue weighted by atomic mass is 14.7. The van der Waals surface area contributed by atoms with Crippen molar-refractivity contribution in [2.45, 2.75) is 197 Å². The third-order valence-electron chi connectivity index (χ3n) is 18.1. The first-order chi connectivity index (χ1) is 20.3. The molecule has 0 aromatic carbocycles. The van der Waals surface area contributed by atoms with Gasteiger partial charge in [0, 0.05) is 0 Å². The molecule has 0 spiro atoms. The second-order valence-corrected chi connectivity index (χ2v) is 20.3. The Kier molecular flexibility index (Phi) is 14.6. The topological polar surface area (TPSA) is 0 Å². The van der Waals surface area contributed by atoms with Gasteiger partial charge in [0.05, 0.1) is 0 Å². The average molecular weight is 631 g/mol. The van der Waals surface area contributed by atoms with Gasteiger partial charge in [-0.1, -0.05) is 178 Å². The summed E-state index contributed by atoms with van der Waals surface area (Å²) in [6, 6.07) is 0. The SMILES string of the molecule is CCCC(C)C(C)(CC(C)C(C)C(C1CC(CC)C(C)(C(C)C)C(C)(C)C(C)(CC)C1(C)C(C)C(C)C)C(C)(C)CC)C(C)C. The monoisotopic (exact) mass is 631 g/mol. The summed E-state index contributed by atoms with van der Waals surface area (Å²) in [4.78, 5) is 0. The zero-order valence-electron chi connectivity index (χ0n) is 35.7. The van der Waals surface area contributed by atoms with Crippen LogP contribution in [0, 0.1) is 91.7 Å². The molecule has 11 unspecified atom stereocenters. The lowest BCUT2D eigenvalue weighted by atomic mass is 9.38. The molecule has 1 fully saturated rings. The Bertz CT molecular complexity index is 890. The van der Waals surface area contributed by atoms with Crippen LogP contribution in [0.2, 0.25) is 0 Å². The second kappa shape index (κ2) is 15.3. The van der Waals surface area contributed by atoms with Crippen molar-refractivity contribution in [2.24, 2.45) is 91.7 Å². The largest absolute Gasteiger partial charge is 0.0654 e. The molecule has 0 N–H and O–H groups in total. The molecule has 0 aromatic heterocycles. The molecule has 1 aliphatic rings. The van der Waals surface area contributed by atoms with E-state index in [4.69, 9.17) is 0 Å². The molecule has 0 heteroatoms. The van der Waals surface area contributed by atoms with Crippen LogP contribution in [-0.2, 0) is 0 Å². The molecule has 1 aliphatic carbocycles. The second-order valence-electron chi connectivity index (χ2n) is 20.3. The molecule has 0 nitrogen and oxygen atoms in total. The van der Waals surface area contributed by atoms with E-state index in [9.17, 15) is 0 Å². The molecule has 0 radical (unpaired) electrons. The summed E-state index contributed by atoms with van der Waals surface area (Å²) in [7, 11) is 0. The van der Waals surface area contributed by atoms with Gasteiger partial charge in [0.15, 0.2) is 0 Å². The molecule has 0 aliphatic heterocycles. The Morgan fingerprint density at radius 3 is 1.60 bits per heavy atom. The van der Waals surface area contributed by atoms with Crippen molar-refractivity contribution in [1.82, 2.24) is 0 Å². The van der Waals surface area contributed by atoms with Crippen LogP contribution in [0.5, 0.6) is 0 Å². The van der Waals surface area contributed by atoms with E-state index in [1.165, 1.54) is 44.9 Å². The standard InChI is InChI=1S/C45H90/c1-23-27-34(12)42(19,31(7)8)29-33(11)35(13)39(40(15,16)25-3)38-28-37(24-2)44(21,32(9)10)41(17,18)43(20,26-4)45(38,22)36(14)30(5)6/h30-39H,23-29H2,1-22H3. The van der Waals surface area contributed by atoms with Crippen LogP contribution in [-0.4, -0.2) is 0 Å². The van der Waals surface area contributed by atoms with Crippen molar-refractivity contribution in [3.05, 3.63) is 0 Å². The van der Waals surface area contributed by atoms with Gasteiger partial charge in [0.2, 0.25) is 0 Å². The number of rotatable bonds is 16. The number of hydrogen-bond acceptors (Lipinski definition) is 0. The van der Waals surface area contributed by atoms with E-state index in [2.05, 4.69) is 152 Å². The predicted molar refractivity (Wildman–Crippen MR) is 207 cm³/mol. The normalized spacial score (nSPS) is 34.3. The lowest BCUT2D eigenvalue weighted by Gasteiger charge is -2.66. The number of hydrogen-bond donors (Lipinski definition) is 0. The Hall–Kier alpha value is 0. The van der Waals surface area contributed by atoms with E-state index in [1.807, 2.05) is 0 Å². The predicted octanol–water partition coefficient (Wildman–Crippen LogP) is 15.2. The Morgan fingerprint density at radius 1 is 0.733 bits per heavy atom. The molecule has 0 heterocycles. The Balaban J connectivity index is 4.23. The summed E-state index contributed by atoms with van der Waals surface area (Å²) < 4.78 is 0. The van der Waals surface area contributed by atoms with E-state index >= 15 is 0 Å². The highest BCUT2D eigenvalue weighted by Gasteiger charge is 2.69. The van der Waals surface area contributed by atoms with E-state index < -0.39 is 0 Å². The fourth-order valence-corrected chi connectivity index (χ4v) is 12.5. The fraction of sp³-hybridized carbons (Fsp3) is 1.00. The molecule has 0 amide bonds. The molecule has 45 heavy (non-hydrogen) atoms. The highest BCUT2D eigenvalue weighted by Crippen LogP contribution is 2.75. The minimum absolute atomic E-state index is 0.206. The van der Waals surface area contributed by atoms with Crippen molar-refractivity contribution >= 4 is 0 Å². The van der Waals surface area contributed by atoms with Crippen LogP contribution in [0.4, 0.5) is 0 Å². The maximum Gasteiger partial charge on any atom is -0.0207 e. The molecule has 1 saturated carbocycles. The fourth-order valence-electron chi connectivity index (χ4n) is 12.5. The summed E-state index contributed by atoms with van der Waals surface area (Å²) in [5, 5.41) is 0. The lowest BCUT2D eigenvalue weighted by molar-refractivity contribution is -0.187. The Labute approximate surface area is 288 Å². The zero-order chi connectivity index (χ0) is 35.7. The minimum Gasteiger partial charge on any atom is -0.0654 e.